The first-order chi connectivity index (χ1) is 18.0. The van der Waals surface area contributed by atoms with Crippen molar-refractivity contribution in [3.63, 3.8) is 0 Å². The molecule has 6 heteroatoms. The quantitative estimate of drug-likeness (QED) is 0.441. The van der Waals surface area contributed by atoms with E-state index in [0.29, 0.717) is 43.0 Å². The van der Waals surface area contributed by atoms with Gasteiger partial charge in [-0.1, -0.05) is 57.9 Å². The second kappa shape index (κ2) is 10.2. The normalized spacial score (nSPS) is 21.8. The third-order valence-corrected chi connectivity index (χ3v) is 8.59. The third-order valence-electron chi connectivity index (χ3n) is 8.59. The molecule has 1 saturated carbocycles. The van der Waals surface area contributed by atoms with Crippen molar-refractivity contribution in [2.45, 2.75) is 83.8 Å². The SMILES string of the molecule is Cc1c(CC(=O)N2CCC3(O)CCCCC3C2)c(=O)oc2cc(OCc3ccc(C(C)(C)C)cc3)ccc12. The van der Waals surface area contributed by atoms with Gasteiger partial charge in [0.05, 0.1) is 17.6 Å². The molecule has 2 atom stereocenters. The minimum absolute atomic E-state index is 0.0120. The first kappa shape index (κ1) is 26.5. The summed E-state index contributed by atoms with van der Waals surface area (Å²) in [5.74, 6) is 0.666. The number of ether oxygens (including phenoxy) is 1. The monoisotopic (exact) mass is 517 g/mol. The van der Waals surface area contributed by atoms with E-state index in [2.05, 4.69) is 45.0 Å². The number of benzene rings is 2. The number of fused-ring (bicyclic) bond motifs is 2. The maximum absolute atomic E-state index is 13.2. The van der Waals surface area contributed by atoms with Crippen molar-refractivity contribution in [1.82, 2.24) is 4.90 Å². The molecule has 1 aliphatic carbocycles. The molecule has 38 heavy (non-hydrogen) atoms. The fourth-order valence-corrected chi connectivity index (χ4v) is 6.00. The molecule has 0 bridgehead atoms. The Kier molecular flexibility index (Phi) is 7.12. The van der Waals surface area contributed by atoms with Crippen molar-refractivity contribution < 1.29 is 19.1 Å². The molecule has 1 N–H and O–H groups in total. The summed E-state index contributed by atoms with van der Waals surface area (Å²) < 4.78 is 11.7. The van der Waals surface area contributed by atoms with Gasteiger partial charge in [-0.2, -0.15) is 0 Å². The molecule has 2 fully saturated rings. The predicted octanol–water partition coefficient (Wildman–Crippen LogP) is 5.67. The van der Waals surface area contributed by atoms with Crippen molar-refractivity contribution in [1.29, 1.82) is 0 Å². The van der Waals surface area contributed by atoms with Gasteiger partial charge >= 0.3 is 5.63 Å². The number of hydrogen-bond acceptors (Lipinski definition) is 5. The second-order valence-corrected chi connectivity index (χ2v) is 12.2. The van der Waals surface area contributed by atoms with Gasteiger partial charge in [-0.3, -0.25) is 4.79 Å². The number of carbonyl (C=O) groups excluding carboxylic acids is 1. The number of hydrogen-bond donors (Lipinski definition) is 1. The Morgan fingerprint density at radius 1 is 1.13 bits per heavy atom. The van der Waals surface area contributed by atoms with Crippen LogP contribution in [0.5, 0.6) is 5.75 Å². The fraction of sp³-hybridized carbons (Fsp3) is 0.500. The zero-order chi connectivity index (χ0) is 27.1. The van der Waals surface area contributed by atoms with Crippen LogP contribution in [0.4, 0.5) is 0 Å². The van der Waals surface area contributed by atoms with Gasteiger partial charge in [0.15, 0.2) is 0 Å². The average Bonchev–Trinajstić information content (AvgIpc) is 2.88. The molecule has 1 saturated heterocycles. The Labute approximate surface area is 224 Å². The highest BCUT2D eigenvalue weighted by molar-refractivity contribution is 5.85. The predicted molar refractivity (Wildman–Crippen MR) is 149 cm³/mol. The van der Waals surface area contributed by atoms with E-state index in [1.165, 1.54) is 5.56 Å². The van der Waals surface area contributed by atoms with Crippen LogP contribution in [0.15, 0.2) is 51.7 Å². The van der Waals surface area contributed by atoms with E-state index < -0.39 is 11.2 Å². The zero-order valence-corrected chi connectivity index (χ0v) is 23.0. The number of rotatable bonds is 5. The Hall–Kier alpha value is -3.12. The van der Waals surface area contributed by atoms with Crippen LogP contribution in [0.25, 0.3) is 11.0 Å². The molecular weight excluding hydrogens is 478 g/mol. The summed E-state index contributed by atoms with van der Waals surface area (Å²) in [6, 6.07) is 13.9. The van der Waals surface area contributed by atoms with E-state index in [1.807, 2.05) is 24.0 Å². The highest BCUT2D eigenvalue weighted by Crippen LogP contribution is 2.40. The molecule has 3 aromatic rings. The third kappa shape index (κ3) is 5.37. The van der Waals surface area contributed by atoms with E-state index in [-0.39, 0.29) is 23.7 Å². The fourth-order valence-electron chi connectivity index (χ4n) is 6.00. The molecule has 1 aromatic heterocycles. The van der Waals surface area contributed by atoms with Crippen LogP contribution in [-0.2, 0) is 23.2 Å². The topological polar surface area (TPSA) is 80.0 Å². The maximum atomic E-state index is 13.2. The summed E-state index contributed by atoms with van der Waals surface area (Å²) in [7, 11) is 0. The van der Waals surface area contributed by atoms with E-state index in [4.69, 9.17) is 9.15 Å². The van der Waals surface area contributed by atoms with Gasteiger partial charge in [0.1, 0.15) is 17.9 Å². The van der Waals surface area contributed by atoms with Crippen molar-refractivity contribution in [3.8, 4) is 5.75 Å². The van der Waals surface area contributed by atoms with Crippen LogP contribution in [0.1, 0.15) is 75.1 Å². The van der Waals surface area contributed by atoms with Gasteiger partial charge < -0.3 is 19.2 Å². The Bertz CT molecular complexity index is 1380. The van der Waals surface area contributed by atoms with Gasteiger partial charge in [0.2, 0.25) is 5.91 Å². The van der Waals surface area contributed by atoms with Crippen LogP contribution in [0, 0.1) is 12.8 Å². The number of aryl methyl sites for hydroxylation is 1. The lowest BCUT2D eigenvalue weighted by Gasteiger charge is -2.47. The lowest BCUT2D eigenvalue weighted by Crippen LogP contribution is -2.55. The number of nitrogens with zero attached hydrogens (tertiary/aromatic N) is 1. The summed E-state index contributed by atoms with van der Waals surface area (Å²) >= 11 is 0. The standard InChI is InChI=1S/C32H39NO5/c1-21-26-13-12-25(37-20-22-8-10-23(11-9-22)31(2,3)4)17-28(26)38-30(35)27(21)18-29(34)33-16-15-32(36)14-6-5-7-24(32)19-33/h8-13,17,24,36H,5-7,14-16,18-20H2,1-4H3. The van der Waals surface area contributed by atoms with Crippen molar-refractivity contribution in [2.24, 2.45) is 5.92 Å². The first-order valence-electron chi connectivity index (χ1n) is 13.8. The van der Waals surface area contributed by atoms with Gasteiger partial charge in [0.25, 0.3) is 0 Å². The summed E-state index contributed by atoms with van der Waals surface area (Å²) in [6.07, 6.45) is 4.54. The van der Waals surface area contributed by atoms with E-state index >= 15 is 0 Å². The molecule has 2 aromatic carbocycles. The van der Waals surface area contributed by atoms with Crippen LogP contribution in [-0.4, -0.2) is 34.6 Å². The van der Waals surface area contributed by atoms with Crippen LogP contribution in [0.3, 0.4) is 0 Å². The highest BCUT2D eigenvalue weighted by atomic mass is 16.5. The van der Waals surface area contributed by atoms with Crippen molar-refractivity contribution in [3.05, 3.63) is 75.1 Å². The molecule has 0 spiro atoms. The number of piperidine rings is 1. The minimum atomic E-state index is -0.636. The smallest absolute Gasteiger partial charge is 0.340 e. The Balaban J connectivity index is 1.28. The molecule has 2 aliphatic rings. The summed E-state index contributed by atoms with van der Waals surface area (Å²) in [6.45, 7) is 9.95. The number of aliphatic hydroxyl groups is 1. The summed E-state index contributed by atoms with van der Waals surface area (Å²) in [5, 5.41) is 11.7. The maximum Gasteiger partial charge on any atom is 0.340 e. The van der Waals surface area contributed by atoms with Gasteiger partial charge in [-0.25, -0.2) is 4.79 Å². The van der Waals surface area contributed by atoms with Gasteiger partial charge in [0, 0.05) is 30.5 Å². The van der Waals surface area contributed by atoms with Crippen molar-refractivity contribution in [2.75, 3.05) is 13.1 Å². The molecule has 1 amide bonds. The molecular formula is C32H39NO5. The first-order valence-corrected chi connectivity index (χ1v) is 13.8. The number of likely N-dealkylation sites (tertiary alicyclic amines) is 1. The summed E-state index contributed by atoms with van der Waals surface area (Å²) in [5.41, 5.74) is 2.94. The molecule has 2 heterocycles. The molecule has 5 rings (SSSR count). The van der Waals surface area contributed by atoms with Crippen molar-refractivity contribution >= 4 is 16.9 Å². The Morgan fingerprint density at radius 3 is 2.63 bits per heavy atom. The number of carbonyl (C=O) groups is 1. The average molecular weight is 518 g/mol. The van der Waals surface area contributed by atoms with Gasteiger partial charge in [-0.05, 0) is 60.4 Å². The zero-order valence-electron chi connectivity index (χ0n) is 23.0. The van der Waals surface area contributed by atoms with E-state index in [1.54, 1.807) is 6.07 Å². The molecule has 0 radical (unpaired) electrons. The highest BCUT2D eigenvalue weighted by Gasteiger charge is 2.43. The summed E-state index contributed by atoms with van der Waals surface area (Å²) in [4.78, 5) is 27.9. The van der Waals surface area contributed by atoms with E-state index in [9.17, 15) is 14.7 Å². The lowest BCUT2D eigenvalue weighted by atomic mass is 9.71. The largest absolute Gasteiger partial charge is 0.489 e. The molecule has 1 aliphatic heterocycles. The van der Waals surface area contributed by atoms with Gasteiger partial charge in [-0.15, -0.1) is 0 Å². The second-order valence-electron chi connectivity index (χ2n) is 12.2. The van der Waals surface area contributed by atoms with Crippen LogP contribution < -0.4 is 10.4 Å². The van der Waals surface area contributed by atoms with Crippen LogP contribution in [0.2, 0.25) is 0 Å². The number of amides is 1. The molecule has 6 nitrogen and oxygen atoms in total. The van der Waals surface area contributed by atoms with Crippen LogP contribution >= 0.6 is 0 Å². The lowest BCUT2D eigenvalue weighted by molar-refractivity contribution is -0.142. The molecule has 2 unspecified atom stereocenters. The minimum Gasteiger partial charge on any atom is -0.489 e. The molecule has 202 valence electrons. The Morgan fingerprint density at radius 2 is 1.89 bits per heavy atom. The van der Waals surface area contributed by atoms with E-state index in [0.717, 1.165) is 42.2 Å².